The van der Waals surface area contributed by atoms with E-state index in [1.807, 2.05) is 30.3 Å². The van der Waals surface area contributed by atoms with Gasteiger partial charge in [0.25, 0.3) is 5.91 Å². The highest BCUT2D eigenvalue weighted by atomic mass is 35.5. The molecule has 0 aliphatic rings. The average Bonchev–Trinajstić information content (AvgIpc) is 2.82. The van der Waals surface area contributed by atoms with E-state index in [9.17, 15) is 4.79 Å². The molecule has 2 rings (SSSR count). The van der Waals surface area contributed by atoms with Crippen LogP contribution in [0.3, 0.4) is 0 Å². The molecule has 0 fully saturated rings. The second-order valence-electron chi connectivity index (χ2n) is 4.80. The Labute approximate surface area is 128 Å². The molecule has 6 heteroatoms. The van der Waals surface area contributed by atoms with Crippen LogP contribution in [0.2, 0.25) is 5.15 Å². The standard InChI is InChI=1S/C15H18ClN3O2/c1-18-11-13(14(16)17-18)15(21)19(8-5-9-20)10-12-6-3-2-4-7-12/h2-4,6-7,11,20H,5,8-10H2,1H3. The molecule has 21 heavy (non-hydrogen) atoms. The Morgan fingerprint density at radius 2 is 2.10 bits per heavy atom. The summed E-state index contributed by atoms with van der Waals surface area (Å²) < 4.78 is 1.52. The number of hydrogen-bond acceptors (Lipinski definition) is 3. The maximum Gasteiger partial charge on any atom is 0.258 e. The fourth-order valence-corrected chi connectivity index (χ4v) is 2.34. The number of aliphatic hydroxyl groups excluding tert-OH is 1. The lowest BCUT2D eigenvalue weighted by molar-refractivity contribution is 0.0732. The largest absolute Gasteiger partial charge is 0.396 e. The number of benzene rings is 1. The van der Waals surface area contributed by atoms with E-state index in [4.69, 9.17) is 16.7 Å². The Hall–Kier alpha value is -1.85. The summed E-state index contributed by atoms with van der Waals surface area (Å²) in [7, 11) is 1.72. The van der Waals surface area contributed by atoms with Crippen molar-refractivity contribution in [3.05, 3.63) is 52.8 Å². The molecular weight excluding hydrogens is 290 g/mol. The first kappa shape index (κ1) is 15.5. The van der Waals surface area contributed by atoms with Gasteiger partial charge in [0.1, 0.15) is 0 Å². The third-order valence-electron chi connectivity index (χ3n) is 3.10. The van der Waals surface area contributed by atoms with Crippen LogP contribution in [0.15, 0.2) is 36.5 Å². The van der Waals surface area contributed by atoms with Crippen LogP contribution in [0.5, 0.6) is 0 Å². The summed E-state index contributed by atoms with van der Waals surface area (Å²) in [5, 5.41) is 13.2. The van der Waals surface area contributed by atoms with Gasteiger partial charge in [-0.25, -0.2) is 0 Å². The number of halogens is 1. The summed E-state index contributed by atoms with van der Waals surface area (Å²) in [6, 6.07) is 9.72. The van der Waals surface area contributed by atoms with E-state index >= 15 is 0 Å². The number of nitrogens with zero attached hydrogens (tertiary/aromatic N) is 3. The second kappa shape index (κ2) is 7.24. The fraction of sp³-hybridized carbons (Fsp3) is 0.333. The maximum atomic E-state index is 12.6. The smallest absolute Gasteiger partial charge is 0.258 e. The number of hydrogen-bond donors (Lipinski definition) is 1. The van der Waals surface area contributed by atoms with Crippen LogP contribution in [0.4, 0.5) is 0 Å². The normalized spacial score (nSPS) is 10.6. The zero-order valence-corrected chi connectivity index (χ0v) is 12.6. The van der Waals surface area contributed by atoms with Gasteiger partial charge >= 0.3 is 0 Å². The van der Waals surface area contributed by atoms with Crippen LogP contribution in [-0.4, -0.2) is 38.8 Å². The first-order chi connectivity index (χ1) is 10.1. The zero-order chi connectivity index (χ0) is 15.2. The van der Waals surface area contributed by atoms with Gasteiger partial charge < -0.3 is 10.0 Å². The van der Waals surface area contributed by atoms with Crippen molar-refractivity contribution in [1.29, 1.82) is 0 Å². The highest BCUT2D eigenvalue weighted by Gasteiger charge is 2.20. The van der Waals surface area contributed by atoms with Gasteiger partial charge in [-0.05, 0) is 12.0 Å². The molecule has 0 saturated heterocycles. The number of carbonyl (C=O) groups is 1. The Bertz CT molecular complexity index is 598. The quantitative estimate of drug-likeness (QED) is 0.889. The van der Waals surface area contributed by atoms with Crippen LogP contribution < -0.4 is 0 Å². The molecule has 0 aliphatic carbocycles. The van der Waals surface area contributed by atoms with Gasteiger partial charge in [-0.15, -0.1) is 0 Å². The predicted octanol–water partition coefficient (Wildman–Crippen LogP) is 2.10. The lowest BCUT2D eigenvalue weighted by Crippen LogP contribution is -2.32. The van der Waals surface area contributed by atoms with Crippen molar-refractivity contribution < 1.29 is 9.90 Å². The van der Waals surface area contributed by atoms with E-state index in [0.717, 1.165) is 5.56 Å². The minimum atomic E-state index is -0.176. The van der Waals surface area contributed by atoms with Crippen molar-refractivity contribution in [1.82, 2.24) is 14.7 Å². The van der Waals surface area contributed by atoms with Crippen molar-refractivity contribution in [3.63, 3.8) is 0 Å². The first-order valence-corrected chi connectivity index (χ1v) is 7.13. The van der Waals surface area contributed by atoms with Crippen LogP contribution in [0.1, 0.15) is 22.3 Å². The lowest BCUT2D eigenvalue weighted by atomic mass is 10.2. The molecule has 0 spiro atoms. The van der Waals surface area contributed by atoms with E-state index in [2.05, 4.69) is 5.10 Å². The Morgan fingerprint density at radius 3 is 2.67 bits per heavy atom. The number of aryl methyl sites for hydroxylation is 1. The van der Waals surface area contributed by atoms with Gasteiger partial charge in [0.05, 0.1) is 5.56 Å². The molecule has 0 atom stereocenters. The monoisotopic (exact) mass is 307 g/mol. The van der Waals surface area contributed by atoms with Crippen LogP contribution in [0.25, 0.3) is 0 Å². The van der Waals surface area contributed by atoms with Crippen molar-refractivity contribution in [2.75, 3.05) is 13.2 Å². The van der Waals surface area contributed by atoms with Crippen molar-refractivity contribution in [2.45, 2.75) is 13.0 Å². The molecule has 0 saturated carbocycles. The molecule has 1 amide bonds. The third kappa shape index (κ3) is 4.06. The molecule has 112 valence electrons. The zero-order valence-electron chi connectivity index (χ0n) is 11.9. The van der Waals surface area contributed by atoms with Crippen LogP contribution in [-0.2, 0) is 13.6 Å². The summed E-state index contributed by atoms with van der Waals surface area (Å²) in [5.74, 6) is -0.176. The SMILES string of the molecule is Cn1cc(C(=O)N(CCCO)Cc2ccccc2)c(Cl)n1. The molecule has 0 bridgehead atoms. The van der Waals surface area contributed by atoms with E-state index in [0.29, 0.717) is 25.1 Å². The Morgan fingerprint density at radius 1 is 1.38 bits per heavy atom. The predicted molar refractivity (Wildman–Crippen MR) is 81.1 cm³/mol. The van der Waals surface area contributed by atoms with Gasteiger partial charge in [0, 0.05) is 32.9 Å². The van der Waals surface area contributed by atoms with E-state index in [-0.39, 0.29) is 17.7 Å². The Kier molecular flexibility index (Phi) is 5.36. The van der Waals surface area contributed by atoms with E-state index in [1.54, 1.807) is 18.1 Å². The summed E-state index contributed by atoms with van der Waals surface area (Å²) in [5.41, 5.74) is 1.41. The summed E-state index contributed by atoms with van der Waals surface area (Å²) in [6.07, 6.45) is 2.14. The molecule has 1 heterocycles. The summed E-state index contributed by atoms with van der Waals surface area (Å²) >= 11 is 5.99. The van der Waals surface area contributed by atoms with E-state index < -0.39 is 0 Å². The molecule has 1 N–H and O–H groups in total. The molecular formula is C15H18ClN3O2. The van der Waals surface area contributed by atoms with Gasteiger partial charge in [-0.2, -0.15) is 5.10 Å². The topological polar surface area (TPSA) is 58.4 Å². The highest BCUT2D eigenvalue weighted by molar-refractivity contribution is 6.32. The minimum absolute atomic E-state index is 0.0410. The Balaban J connectivity index is 2.19. The number of carbonyl (C=O) groups excluding carboxylic acids is 1. The maximum absolute atomic E-state index is 12.6. The number of amides is 1. The second-order valence-corrected chi connectivity index (χ2v) is 5.15. The molecule has 2 aromatic rings. The molecule has 0 radical (unpaired) electrons. The number of aliphatic hydroxyl groups is 1. The van der Waals surface area contributed by atoms with Crippen LogP contribution >= 0.6 is 11.6 Å². The number of aromatic nitrogens is 2. The van der Waals surface area contributed by atoms with Gasteiger partial charge in [-0.1, -0.05) is 41.9 Å². The summed E-state index contributed by atoms with van der Waals surface area (Å²) in [6.45, 7) is 0.986. The fourth-order valence-electron chi connectivity index (χ4n) is 2.09. The number of rotatable bonds is 6. The van der Waals surface area contributed by atoms with E-state index in [1.165, 1.54) is 4.68 Å². The molecule has 1 aromatic carbocycles. The highest BCUT2D eigenvalue weighted by Crippen LogP contribution is 2.17. The van der Waals surface area contributed by atoms with Crippen LogP contribution in [0, 0.1) is 0 Å². The van der Waals surface area contributed by atoms with Gasteiger partial charge in [-0.3, -0.25) is 9.48 Å². The third-order valence-corrected chi connectivity index (χ3v) is 3.38. The van der Waals surface area contributed by atoms with Crippen molar-refractivity contribution in [3.8, 4) is 0 Å². The molecule has 0 aliphatic heterocycles. The molecule has 1 aromatic heterocycles. The van der Waals surface area contributed by atoms with Crippen molar-refractivity contribution >= 4 is 17.5 Å². The van der Waals surface area contributed by atoms with Gasteiger partial charge in [0.2, 0.25) is 0 Å². The average molecular weight is 308 g/mol. The molecule has 5 nitrogen and oxygen atoms in total. The van der Waals surface area contributed by atoms with Gasteiger partial charge in [0.15, 0.2) is 5.15 Å². The lowest BCUT2D eigenvalue weighted by Gasteiger charge is -2.22. The minimum Gasteiger partial charge on any atom is -0.396 e. The molecule has 0 unspecified atom stereocenters. The first-order valence-electron chi connectivity index (χ1n) is 6.75. The summed E-state index contributed by atoms with van der Waals surface area (Å²) in [4.78, 5) is 14.3. The van der Waals surface area contributed by atoms with Crippen molar-refractivity contribution in [2.24, 2.45) is 7.05 Å².